The number of carbonyl (C=O) groups is 1. The van der Waals surface area contributed by atoms with Crippen molar-refractivity contribution < 1.29 is 4.79 Å². The van der Waals surface area contributed by atoms with Gasteiger partial charge in [-0.2, -0.15) is 5.10 Å². The first-order chi connectivity index (χ1) is 9.10. The van der Waals surface area contributed by atoms with E-state index in [2.05, 4.69) is 10.4 Å². The van der Waals surface area contributed by atoms with E-state index < -0.39 is 5.54 Å². The van der Waals surface area contributed by atoms with E-state index in [1.807, 2.05) is 30.8 Å². The van der Waals surface area contributed by atoms with Gasteiger partial charge in [0.25, 0.3) is 0 Å². The minimum Gasteiger partial charge on any atom is -0.368 e. The van der Waals surface area contributed by atoms with Crippen molar-refractivity contribution in [2.45, 2.75) is 51.6 Å². The molecule has 2 unspecified atom stereocenters. The predicted octanol–water partition coefficient (Wildman–Crippen LogP) is 1.22. The Kier molecular flexibility index (Phi) is 4.24. The Bertz CT molecular complexity index is 442. The maximum Gasteiger partial charge on any atom is 0.238 e. The summed E-state index contributed by atoms with van der Waals surface area (Å²) in [5, 5.41) is 7.64. The second-order valence-electron chi connectivity index (χ2n) is 5.44. The highest BCUT2D eigenvalue weighted by molar-refractivity contribution is 5.85. The molecule has 1 saturated carbocycles. The molecular formula is C14H24N4O. The van der Waals surface area contributed by atoms with Crippen LogP contribution in [0, 0.1) is 12.8 Å². The number of nitrogens with two attached hydrogens (primary N) is 1. The number of carbonyl (C=O) groups excluding carboxylic acids is 1. The van der Waals surface area contributed by atoms with Gasteiger partial charge in [0.2, 0.25) is 5.91 Å². The molecule has 3 N–H and O–H groups in total. The van der Waals surface area contributed by atoms with Gasteiger partial charge in [-0.05, 0) is 44.7 Å². The molecule has 1 aromatic heterocycles. The largest absolute Gasteiger partial charge is 0.368 e. The number of hydrogen-bond donors (Lipinski definition) is 2. The standard InChI is InChI=1S/C14H24N4O/c1-3-16-14(13(15)19)8-4-5-12(14)7-10-18-11(2)6-9-17-18/h6,9,12,16H,3-5,7-8,10H2,1-2H3,(H2,15,19). The molecule has 1 amide bonds. The van der Waals surface area contributed by atoms with E-state index in [1.54, 1.807) is 0 Å². The number of likely N-dealkylation sites (N-methyl/N-ethyl adjacent to an activating group) is 1. The molecule has 0 bridgehead atoms. The SMILES string of the molecule is CCNC1(C(N)=O)CCCC1CCn1nccc1C. The van der Waals surface area contributed by atoms with Crippen LogP contribution in [0.4, 0.5) is 0 Å². The molecule has 19 heavy (non-hydrogen) atoms. The maximum absolute atomic E-state index is 11.9. The van der Waals surface area contributed by atoms with E-state index >= 15 is 0 Å². The lowest BCUT2D eigenvalue weighted by molar-refractivity contribution is -0.126. The van der Waals surface area contributed by atoms with Crippen molar-refractivity contribution in [1.29, 1.82) is 0 Å². The number of nitrogens with one attached hydrogen (secondary N) is 1. The van der Waals surface area contributed by atoms with Gasteiger partial charge in [-0.3, -0.25) is 9.48 Å². The highest BCUT2D eigenvalue weighted by atomic mass is 16.1. The molecule has 2 rings (SSSR count). The Morgan fingerprint density at radius 1 is 1.68 bits per heavy atom. The first kappa shape index (κ1) is 14.1. The summed E-state index contributed by atoms with van der Waals surface area (Å²) in [5.41, 5.74) is 6.32. The van der Waals surface area contributed by atoms with Gasteiger partial charge in [0.05, 0.1) is 0 Å². The second kappa shape index (κ2) is 5.74. The van der Waals surface area contributed by atoms with Crippen LogP contribution in [0.1, 0.15) is 38.3 Å². The van der Waals surface area contributed by atoms with E-state index in [9.17, 15) is 4.79 Å². The topological polar surface area (TPSA) is 72.9 Å². The molecule has 1 aromatic rings. The summed E-state index contributed by atoms with van der Waals surface area (Å²) in [7, 11) is 0. The molecule has 0 radical (unpaired) electrons. The molecule has 1 fully saturated rings. The summed E-state index contributed by atoms with van der Waals surface area (Å²) in [4.78, 5) is 11.9. The number of aromatic nitrogens is 2. The Hall–Kier alpha value is -1.36. The van der Waals surface area contributed by atoms with E-state index in [0.29, 0.717) is 5.92 Å². The van der Waals surface area contributed by atoms with Gasteiger partial charge in [-0.15, -0.1) is 0 Å². The zero-order chi connectivity index (χ0) is 13.9. The van der Waals surface area contributed by atoms with Gasteiger partial charge in [0.1, 0.15) is 5.54 Å². The molecular weight excluding hydrogens is 240 g/mol. The third-order valence-corrected chi connectivity index (χ3v) is 4.37. The second-order valence-corrected chi connectivity index (χ2v) is 5.44. The first-order valence-electron chi connectivity index (χ1n) is 7.13. The van der Waals surface area contributed by atoms with Crippen LogP contribution in [0.5, 0.6) is 0 Å². The van der Waals surface area contributed by atoms with Crippen molar-refractivity contribution in [3.05, 3.63) is 18.0 Å². The average molecular weight is 264 g/mol. The zero-order valence-corrected chi connectivity index (χ0v) is 11.9. The summed E-state index contributed by atoms with van der Waals surface area (Å²) in [6, 6.07) is 2.00. The smallest absolute Gasteiger partial charge is 0.238 e. The van der Waals surface area contributed by atoms with Gasteiger partial charge in [0.15, 0.2) is 0 Å². The Balaban J connectivity index is 2.05. The monoisotopic (exact) mass is 264 g/mol. The van der Waals surface area contributed by atoms with E-state index in [0.717, 1.165) is 44.5 Å². The molecule has 0 spiro atoms. The highest BCUT2D eigenvalue weighted by Crippen LogP contribution is 2.38. The lowest BCUT2D eigenvalue weighted by Gasteiger charge is -2.33. The lowest BCUT2D eigenvalue weighted by atomic mass is 9.83. The van der Waals surface area contributed by atoms with Crippen LogP contribution in [0.25, 0.3) is 0 Å². The van der Waals surface area contributed by atoms with Crippen LogP contribution in [0.15, 0.2) is 12.3 Å². The summed E-state index contributed by atoms with van der Waals surface area (Å²) in [5.74, 6) is 0.114. The van der Waals surface area contributed by atoms with E-state index in [1.165, 1.54) is 0 Å². The minimum atomic E-state index is -0.504. The van der Waals surface area contributed by atoms with Crippen LogP contribution in [-0.4, -0.2) is 27.8 Å². The zero-order valence-electron chi connectivity index (χ0n) is 11.9. The Morgan fingerprint density at radius 2 is 2.47 bits per heavy atom. The third kappa shape index (κ3) is 2.66. The molecule has 1 aliphatic rings. The average Bonchev–Trinajstić information content (AvgIpc) is 2.95. The number of hydrogen-bond acceptors (Lipinski definition) is 3. The van der Waals surface area contributed by atoms with Gasteiger partial charge in [-0.1, -0.05) is 13.3 Å². The third-order valence-electron chi connectivity index (χ3n) is 4.37. The number of aryl methyl sites for hydroxylation is 2. The minimum absolute atomic E-state index is 0.200. The molecule has 0 aromatic carbocycles. The van der Waals surface area contributed by atoms with E-state index in [4.69, 9.17) is 5.73 Å². The predicted molar refractivity (Wildman–Crippen MR) is 74.5 cm³/mol. The molecule has 1 heterocycles. The fraction of sp³-hybridized carbons (Fsp3) is 0.714. The van der Waals surface area contributed by atoms with Crippen LogP contribution in [0.3, 0.4) is 0 Å². The molecule has 5 heteroatoms. The van der Waals surface area contributed by atoms with Gasteiger partial charge >= 0.3 is 0 Å². The summed E-state index contributed by atoms with van der Waals surface area (Å²) >= 11 is 0. The molecule has 0 aliphatic heterocycles. The number of rotatable bonds is 6. The fourth-order valence-electron chi connectivity index (χ4n) is 3.34. The Labute approximate surface area is 114 Å². The van der Waals surface area contributed by atoms with E-state index in [-0.39, 0.29) is 5.91 Å². The summed E-state index contributed by atoms with van der Waals surface area (Å²) in [6.45, 7) is 5.70. The fourth-order valence-corrected chi connectivity index (χ4v) is 3.34. The maximum atomic E-state index is 11.9. The summed E-state index contributed by atoms with van der Waals surface area (Å²) in [6.07, 6.45) is 5.75. The number of primary amides is 1. The summed E-state index contributed by atoms with van der Waals surface area (Å²) < 4.78 is 2.00. The van der Waals surface area contributed by atoms with Gasteiger partial charge in [-0.25, -0.2) is 0 Å². The van der Waals surface area contributed by atoms with Crippen LogP contribution >= 0.6 is 0 Å². The first-order valence-corrected chi connectivity index (χ1v) is 7.13. The highest BCUT2D eigenvalue weighted by Gasteiger charge is 2.46. The molecule has 5 nitrogen and oxygen atoms in total. The number of amides is 1. The van der Waals surface area contributed by atoms with Crippen molar-refractivity contribution in [3.63, 3.8) is 0 Å². The Morgan fingerprint density at radius 3 is 3.05 bits per heavy atom. The van der Waals surface area contributed by atoms with Crippen molar-refractivity contribution >= 4 is 5.91 Å². The van der Waals surface area contributed by atoms with Crippen LogP contribution in [-0.2, 0) is 11.3 Å². The van der Waals surface area contributed by atoms with Crippen molar-refractivity contribution in [2.75, 3.05) is 6.54 Å². The van der Waals surface area contributed by atoms with Crippen molar-refractivity contribution in [1.82, 2.24) is 15.1 Å². The van der Waals surface area contributed by atoms with Crippen molar-refractivity contribution in [3.8, 4) is 0 Å². The van der Waals surface area contributed by atoms with Crippen LogP contribution in [0.2, 0.25) is 0 Å². The normalized spacial score (nSPS) is 26.7. The van der Waals surface area contributed by atoms with Gasteiger partial charge < -0.3 is 11.1 Å². The number of nitrogens with zero attached hydrogens (tertiary/aromatic N) is 2. The quantitative estimate of drug-likeness (QED) is 0.811. The van der Waals surface area contributed by atoms with Crippen molar-refractivity contribution in [2.24, 2.45) is 11.7 Å². The van der Waals surface area contributed by atoms with Crippen LogP contribution < -0.4 is 11.1 Å². The molecule has 1 aliphatic carbocycles. The molecule has 106 valence electrons. The van der Waals surface area contributed by atoms with Gasteiger partial charge in [0, 0.05) is 18.4 Å². The molecule has 0 saturated heterocycles. The lowest BCUT2D eigenvalue weighted by Crippen LogP contribution is -2.58. The molecule has 2 atom stereocenters.